The van der Waals surface area contributed by atoms with Crippen molar-refractivity contribution in [3.63, 3.8) is 0 Å². The summed E-state index contributed by atoms with van der Waals surface area (Å²) >= 11 is 1.48. The molecule has 17 heavy (non-hydrogen) atoms. The number of carbonyl (C=O) groups is 1. The number of carboxylic acids is 1. The number of unbranched alkanes of at least 4 members (excludes halogenated alkanes) is 1. The first kappa shape index (κ1) is 12.4. The Bertz CT molecular complexity index is 425. The van der Waals surface area contributed by atoms with Gasteiger partial charge < -0.3 is 10.8 Å². The Morgan fingerprint density at radius 3 is 3.00 bits per heavy atom. The molecule has 4 heteroatoms. The molecule has 0 bridgehead atoms. The Balaban J connectivity index is 2.17. The molecule has 0 saturated heterocycles. The van der Waals surface area contributed by atoms with Gasteiger partial charge in [-0.15, -0.1) is 11.3 Å². The number of anilines is 1. The molecule has 3 nitrogen and oxygen atoms in total. The number of rotatable bonds is 4. The van der Waals surface area contributed by atoms with Crippen LogP contribution in [0.5, 0.6) is 0 Å². The van der Waals surface area contributed by atoms with Gasteiger partial charge in [-0.25, -0.2) is 4.79 Å². The van der Waals surface area contributed by atoms with Crippen molar-refractivity contribution in [1.82, 2.24) is 0 Å². The summed E-state index contributed by atoms with van der Waals surface area (Å²) in [6.07, 6.45) is 6.79. The lowest BCUT2D eigenvalue weighted by atomic mass is 9.84. The van der Waals surface area contributed by atoms with Gasteiger partial charge in [0.15, 0.2) is 0 Å². The van der Waals surface area contributed by atoms with Crippen molar-refractivity contribution < 1.29 is 9.90 Å². The van der Waals surface area contributed by atoms with Gasteiger partial charge in [0.25, 0.3) is 0 Å². The predicted molar refractivity (Wildman–Crippen MR) is 70.7 cm³/mol. The molecule has 1 aromatic rings. The molecule has 0 radical (unpaired) electrons. The van der Waals surface area contributed by atoms with Gasteiger partial charge in [0.1, 0.15) is 5.00 Å². The van der Waals surface area contributed by atoms with Gasteiger partial charge in [0, 0.05) is 4.88 Å². The lowest BCUT2D eigenvalue weighted by Crippen LogP contribution is -2.14. The van der Waals surface area contributed by atoms with E-state index in [-0.39, 0.29) is 0 Å². The van der Waals surface area contributed by atoms with Crippen LogP contribution in [-0.2, 0) is 12.8 Å². The van der Waals surface area contributed by atoms with E-state index in [1.54, 1.807) is 0 Å². The van der Waals surface area contributed by atoms with Crippen LogP contribution in [0.2, 0.25) is 0 Å². The van der Waals surface area contributed by atoms with Gasteiger partial charge in [-0.1, -0.05) is 26.2 Å². The lowest BCUT2D eigenvalue weighted by molar-refractivity contribution is 0.0697. The van der Waals surface area contributed by atoms with E-state index in [2.05, 4.69) is 6.92 Å². The van der Waals surface area contributed by atoms with Crippen LogP contribution in [0.15, 0.2) is 0 Å². The third-order valence-corrected chi connectivity index (χ3v) is 4.66. The van der Waals surface area contributed by atoms with Crippen LogP contribution in [0.3, 0.4) is 0 Å². The van der Waals surface area contributed by atoms with Crippen molar-refractivity contribution in [2.45, 2.75) is 45.4 Å². The highest BCUT2D eigenvalue weighted by molar-refractivity contribution is 7.16. The number of fused-ring (bicyclic) bond motifs is 1. The highest BCUT2D eigenvalue weighted by Gasteiger charge is 2.27. The molecular formula is C13H19NO2S. The Labute approximate surface area is 106 Å². The fraction of sp³-hybridized carbons (Fsp3) is 0.615. The van der Waals surface area contributed by atoms with Gasteiger partial charge >= 0.3 is 5.97 Å². The van der Waals surface area contributed by atoms with Crippen LogP contribution < -0.4 is 5.73 Å². The molecule has 0 spiro atoms. The molecule has 0 aliphatic heterocycles. The number of hydrogen-bond acceptors (Lipinski definition) is 3. The maximum atomic E-state index is 11.1. The number of thiophene rings is 1. The number of carboxylic acid groups (broad SMARTS) is 1. The second-order valence-electron chi connectivity index (χ2n) is 4.80. The minimum Gasteiger partial charge on any atom is -0.478 e. The zero-order chi connectivity index (χ0) is 12.4. The first-order valence-corrected chi connectivity index (χ1v) is 7.08. The van der Waals surface area contributed by atoms with E-state index in [0.717, 1.165) is 30.7 Å². The zero-order valence-electron chi connectivity index (χ0n) is 10.2. The van der Waals surface area contributed by atoms with Crippen molar-refractivity contribution in [2.24, 2.45) is 5.92 Å². The Kier molecular flexibility index (Phi) is 3.72. The summed E-state index contributed by atoms with van der Waals surface area (Å²) in [7, 11) is 0. The molecule has 0 aromatic carbocycles. The molecule has 0 saturated carbocycles. The van der Waals surface area contributed by atoms with Crippen LogP contribution in [0.1, 0.15) is 53.4 Å². The van der Waals surface area contributed by atoms with E-state index in [1.807, 2.05) is 0 Å². The number of nitrogens with two attached hydrogens (primary N) is 1. The quantitative estimate of drug-likeness (QED) is 0.865. The van der Waals surface area contributed by atoms with Gasteiger partial charge in [0.05, 0.1) is 5.56 Å². The van der Waals surface area contributed by atoms with Crippen molar-refractivity contribution in [3.05, 3.63) is 16.0 Å². The highest BCUT2D eigenvalue weighted by atomic mass is 32.1. The molecule has 1 unspecified atom stereocenters. The maximum Gasteiger partial charge on any atom is 0.338 e. The standard InChI is InChI=1S/C13H19NO2S/c1-2-3-4-8-5-6-9-10(7-8)17-12(14)11(9)13(15)16/h8H,2-7,14H2,1H3,(H,15,16). The predicted octanol–water partition coefficient (Wildman–Crippen LogP) is 3.32. The molecular weight excluding hydrogens is 234 g/mol. The second-order valence-corrected chi connectivity index (χ2v) is 5.94. The zero-order valence-corrected chi connectivity index (χ0v) is 11.0. The van der Waals surface area contributed by atoms with Crippen LogP contribution in [0.25, 0.3) is 0 Å². The molecule has 0 fully saturated rings. The Hall–Kier alpha value is -1.03. The molecule has 0 amide bonds. The van der Waals surface area contributed by atoms with E-state index < -0.39 is 5.97 Å². The minimum absolute atomic E-state index is 0.374. The largest absolute Gasteiger partial charge is 0.478 e. The lowest BCUT2D eigenvalue weighted by Gasteiger charge is -2.22. The highest BCUT2D eigenvalue weighted by Crippen LogP contribution is 2.39. The molecule has 1 atom stereocenters. The first-order valence-electron chi connectivity index (χ1n) is 6.26. The first-order chi connectivity index (χ1) is 8.13. The summed E-state index contributed by atoms with van der Waals surface area (Å²) in [4.78, 5) is 12.4. The molecule has 1 aliphatic rings. The molecule has 1 aromatic heterocycles. The molecule has 94 valence electrons. The summed E-state index contributed by atoms with van der Waals surface area (Å²) in [5, 5.41) is 9.63. The van der Waals surface area contributed by atoms with Crippen LogP contribution in [-0.4, -0.2) is 11.1 Å². The smallest absolute Gasteiger partial charge is 0.338 e. The third kappa shape index (κ3) is 2.46. The monoisotopic (exact) mass is 253 g/mol. The summed E-state index contributed by atoms with van der Waals surface area (Å²) in [5.74, 6) is -0.144. The minimum atomic E-state index is -0.869. The number of hydrogen-bond donors (Lipinski definition) is 2. The van der Waals surface area contributed by atoms with Crippen molar-refractivity contribution in [2.75, 3.05) is 5.73 Å². The summed E-state index contributed by atoms with van der Waals surface area (Å²) in [6, 6.07) is 0. The van der Waals surface area contributed by atoms with Crippen LogP contribution in [0.4, 0.5) is 5.00 Å². The van der Waals surface area contributed by atoms with E-state index >= 15 is 0 Å². The van der Waals surface area contributed by atoms with Gasteiger partial charge in [-0.05, 0) is 30.7 Å². The van der Waals surface area contributed by atoms with E-state index in [0.29, 0.717) is 10.6 Å². The molecule has 1 aliphatic carbocycles. The van der Waals surface area contributed by atoms with Gasteiger partial charge in [0.2, 0.25) is 0 Å². The van der Waals surface area contributed by atoms with E-state index in [9.17, 15) is 4.79 Å². The van der Waals surface area contributed by atoms with Crippen molar-refractivity contribution in [1.29, 1.82) is 0 Å². The van der Waals surface area contributed by atoms with E-state index in [1.165, 1.54) is 35.5 Å². The SMILES string of the molecule is CCCCC1CCc2c(sc(N)c2C(=O)O)C1. The third-order valence-electron chi connectivity index (χ3n) is 3.57. The normalized spacial score (nSPS) is 19.0. The average molecular weight is 253 g/mol. The average Bonchev–Trinajstić information content (AvgIpc) is 2.61. The van der Waals surface area contributed by atoms with E-state index in [4.69, 9.17) is 10.8 Å². The Morgan fingerprint density at radius 1 is 1.59 bits per heavy atom. The van der Waals surface area contributed by atoms with Crippen molar-refractivity contribution >= 4 is 22.3 Å². The topological polar surface area (TPSA) is 63.3 Å². The van der Waals surface area contributed by atoms with Crippen LogP contribution >= 0.6 is 11.3 Å². The maximum absolute atomic E-state index is 11.1. The molecule has 2 rings (SSSR count). The number of aromatic carboxylic acids is 1. The molecule has 3 N–H and O–H groups in total. The van der Waals surface area contributed by atoms with Gasteiger partial charge in [-0.2, -0.15) is 0 Å². The van der Waals surface area contributed by atoms with Crippen molar-refractivity contribution in [3.8, 4) is 0 Å². The molecule has 1 heterocycles. The summed E-state index contributed by atoms with van der Waals surface area (Å²) in [6.45, 7) is 2.21. The summed E-state index contributed by atoms with van der Waals surface area (Å²) < 4.78 is 0. The fourth-order valence-corrected chi connectivity index (χ4v) is 3.87. The Morgan fingerprint density at radius 2 is 2.35 bits per heavy atom. The summed E-state index contributed by atoms with van der Waals surface area (Å²) in [5.41, 5.74) is 7.19. The fourth-order valence-electron chi connectivity index (χ4n) is 2.65. The van der Waals surface area contributed by atoms with Crippen LogP contribution in [0, 0.1) is 5.92 Å². The van der Waals surface area contributed by atoms with Gasteiger partial charge in [-0.3, -0.25) is 0 Å². The number of nitrogen functional groups attached to an aromatic ring is 1. The second kappa shape index (κ2) is 5.08.